The van der Waals surface area contributed by atoms with E-state index in [0.717, 1.165) is 10.9 Å². The molecule has 10 nitrogen and oxygen atoms in total. The van der Waals surface area contributed by atoms with Gasteiger partial charge in [-0.25, -0.2) is 13.2 Å². The van der Waals surface area contributed by atoms with Gasteiger partial charge in [-0.05, 0) is 73.2 Å². The van der Waals surface area contributed by atoms with Gasteiger partial charge in [-0.3, -0.25) is 9.59 Å². The number of nitrogens with zero attached hydrogens (tertiary/aromatic N) is 2. The number of carboxylic acid groups (broad SMARTS) is 1. The molecule has 3 N–H and O–H groups in total. The van der Waals surface area contributed by atoms with Crippen molar-refractivity contribution < 1.29 is 27.9 Å². The first-order chi connectivity index (χ1) is 20.0. The van der Waals surface area contributed by atoms with E-state index in [4.69, 9.17) is 11.6 Å². The van der Waals surface area contributed by atoms with Crippen LogP contribution in [0, 0.1) is 0 Å². The van der Waals surface area contributed by atoms with Crippen LogP contribution in [-0.2, 0) is 26.0 Å². The fourth-order valence-corrected chi connectivity index (χ4v) is 7.39. The molecule has 2 aliphatic rings. The first kappa shape index (κ1) is 29.8. The minimum Gasteiger partial charge on any atom is -0.465 e. The molecule has 4 atom stereocenters. The van der Waals surface area contributed by atoms with Crippen molar-refractivity contribution in [3.05, 3.63) is 77.3 Å². The van der Waals surface area contributed by atoms with Gasteiger partial charge in [0.25, 0.3) is 0 Å². The van der Waals surface area contributed by atoms with Crippen LogP contribution >= 0.6 is 11.6 Å². The molecule has 0 spiro atoms. The highest BCUT2D eigenvalue weighted by Crippen LogP contribution is 2.27. The predicted octanol–water partition coefficient (Wildman–Crippen LogP) is 3.63. The van der Waals surface area contributed by atoms with E-state index in [0.29, 0.717) is 36.2 Å². The summed E-state index contributed by atoms with van der Waals surface area (Å²) in [5.74, 6) is -0.762. The summed E-state index contributed by atoms with van der Waals surface area (Å²) in [6, 6.07) is 16.6. The molecule has 2 saturated heterocycles. The molecule has 0 saturated carbocycles. The van der Waals surface area contributed by atoms with E-state index < -0.39 is 46.2 Å². The summed E-state index contributed by atoms with van der Waals surface area (Å²) < 4.78 is 28.9. The normalized spacial score (nSPS) is 21.9. The van der Waals surface area contributed by atoms with Crippen LogP contribution in [-0.4, -0.2) is 78.5 Å². The number of carbonyl (C=O) groups excluding carboxylic acids is 2. The molecule has 222 valence electrons. The third-order valence-electron chi connectivity index (χ3n) is 8.10. The molecule has 12 heteroatoms. The zero-order valence-corrected chi connectivity index (χ0v) is 24.6. The van der Waals surface area contributed by atoms with Crippen LogP contribution in [0.2, 0.25) is 5.02 Å². The Balaban J connectivity index is 1.30. The molecule has 2 aliphatic heterocycles. The highest BCUT2D eigenvalue weighted by atomic mass is 35.5. The number of piperidine rings is 1. The van der Waals surface area contributed by atoms with E-state index in [1.165, 1.54) is 17.0 Å². The molecule has 0 radical (unpaired) electrons. The van der Waals surface area contributed by atoms with Crippen molar-refractivity contribution in [2.75, 3.05) is 13.1 Å². The maximum absolute atomic E-state index is 13.8. The summed E-state index contributed by atoms with van der Waals surface area (Å²) in [6.07, 6.45) is 0.730. The lowest BCUT2D eigenvalue weighted by atomic mass is 9.90. The van der Waals surface area contributed by atoms with E-state index in [1.54, 1.807) is 36.1 Å². The molecule has 2 heterocycles. The van der Waals surface area contributed by atoms with Crippen LogP contribution in [0.1, 0.15) is 31.7 Å². The van der Waals surface area contributed by atoms with Crippen molar-refractivity contribution in [2.45, 2.75) is 61.7 Å². The lowest BCUT2D eigenvalue weighted by Crippen LogP contribution is -2.61. The van der Waals surface area contributed by atoms with Gasteiger partial charge in [-0.15, -0.1) is 0 Å². The molecular weight excluding hydrogens is 580 g/mol. The number of hydrogen-bond donors (Lipinski definition) is 3. The van der Waals surface area contributed by atoms with Crippen LogP contribution in [0.15, 0.2) is 71.6 Å². The van der Waals surface area contributed by atoms with E-state index in [2.05, 4.69) is 10.0 Å². The zero-order valence-electron chi connectivity index (χ0n) is 23.1. The molecule has 42 heavy (non-hydrogen) atoms. The number of amides is 3. The van der Waals surface area contributed by atoms with E-state index in [9.17, 15) is 27.9 Å². The maximum Gasteiger partial charge on any atom is 0.404 e. The Labute approximate surface area is 249 Å². The summed E-state index contributed by atoms with van der Waals surface area (Å²) >= 11 is 6.03. The average molecular weight is 613 g/mol. The summed E-state index contributed by atoms with van der Waals surface area (Å²) in [6.45, 7) is 2.28. The fourth-order valence-electron chi connectivity index (χ4n) is 5.95. The van der Waals surface area contributed by atoms with Gasteiger partial charge in [0.15, 0.2) is 0 Å². The van der Waals surface area contributed by atoms with Gasteiger partial charge >= 0.3 is 6.09 Å². The summed E-state index contributed by atoms with van der Waals surface area (Å²) in [7, 11) is -4.02. The molecule has 1 unspecified atom stereocenters. The zero-order chi connectivity index (χ0) is 30.0. The van der Waals surface area contributed by atoms with Crippen LogP contribution in [0.5, 0.6) is 0 Å². The van der Waals surface area contributed by atoms with Crippen LogP contribution in [0.4, 0.5) is 4.79 Å². The van der Waals surface area contributed by atoms with Gasteiger partial charge in [0.05, 0.1) is 17.0 Å². The second kappa shape index (κ2) is 12.3. The van der Waals surface area contributed by atoms with Gasteiger partial charge in [0.2, 0.25) is 21.8 Å². The molecule has 3 amide bonds. The molecule has 5 rings (SSSR count). The second-order valence-electron chi connectivity index (χ2n) is 10.8. The highest BCUT2D eigenvalue weighted by Gasteiger charge is 2.43. The van der Waals surface area contributed by atoms with Crippen molar-refractivity contribution in [1.29, 1.82) is 0 Å². The van der Waals surface area contributed by atoms with Gasteiger partial charge in [0, 0.05) is 18.1 Å². The van der Waals surface area contributed by atoms with Crippen LogP contribution < -0.4 is 10.0 Å². The van der Waals surface area contributed by atoms with Crippen LogP contribution in [0.3, 0.4) is 0 Å². The smallest absolute Gasteiger partial charge is 0.404 e. The Hall–Kier alpha value is -3.67. The fraction of sp³-hybridized carbons (Fsp3) is 0.367. The number of nitrogens with one attached hydrogen (secondary N) is 2. The number of fused-ring (bicyclic) bond motifs is 1. The molecule has 0 aliphatic carbocycles. The van der Waals surface area contributed by atoms with Crippen molar-refractivity contribution in [3.8, 4) is 0 Å². The third kappa shape index (κ3) is 6.38. The standard InChI is InChI=1S/C30H33ClN4O6S/c1-19(28(36)35-14-5-8-25(32-30(38)39)27(35)16-20-6-3-2-4-7-20)34-15-13-26(29(34)37)33-42(40,41)24-12-10-21-17-23(31)11-9-22(21)18-24/h2-4,6-7,9-12,17-19,25-27,32-33H,5,8,13-16H2,1H3,(H,38,39)/t19-,25-,26-,27?/m0/s1. The van der Waals surface area contributed by atoms with Gasteiger partial charge in [-0.1, -0.05) is 54.1 Å². The number of carbonyl (C=O) groups is 3. The number of hydrogen-bond acceptors (Lipinski definition) is 5. The third-order valence-corrected chi connectivity index (χ3v) is 9.81. The Bertz CT molecular complexity index is 1600. The summed E-state index contributed by atoms with van der Waals surface area (Å²) in [5, 5.41) is 14.0. The number of likely N-dealkylation sites (tertiary alicyclic amines) is 2. The van der Waals surface area contributed by atoms with Crippen molar-refractivity contribution in [1.82, 2.24) is 19.8 Å². The monoisotopic (exact) mass is 612 g/mol. The quantitative estimate of drug-likeness (QED) is 0.355. The lowest BCUT2D eigenvalue weighted by Gasteiger charge is -2.43. The molecule has 2 fully saturated rings. The number of benzene rings is 3. The van der Waals surface area contributed by atoms with Crippen molar-refractivity contribution in [2.24, 2.45) is 0 Å². The molecule has 3 aromatic carbocycles. The topological polar surface area (TPSA) is 136 Å². The number of halogens is 1. The Morgan fingerprint density at radius 2 is 1.74 bits per heavy atom. The van der Waals surface area contributed by atoms with Crippen molar-refractivity contribution >= 4 is 50.3 Å². The Morgan fingerprint density at radius 3 is 2.48 bits per heavy atom. The molecule has 0 bridgehead atoms. The Kier molecular flexibility index (Phi) is 8.72. The van der Waals surface area contributed by atoms with Crippen molar-refractivity contribution in [3.63, 3.8) is 0 Å². The summed E-state index contributed by atoms with van der Waals surface area (Å²) in [5.41, 5.74) is 0.968. The highest BCUT2D eigenvalue weighted by molar-refractivity contribution is 7.89. The lowest BCUT2D eigenvalue weighted by molar-refractivity contribution is -0.146. The minimum atomic E-state index is -4.02. The number of sulfonamides is 1. The van der Waals surface area contributed by atoms with E-state index >= 15 is 0 Å². The van der Waals surface area contributed by atoms with Gasteiger partial charge in [0.1, 0.15) is 12.1 Å². The van der Waals surface area contributed by atoms with Gasteiger partial charge < -0.3 is 20.2 Å². The first-order valence-electron chi connectivity index (χ1n) is 13.9. The second-order valence-corrected chi connectivity index (χ2v) is 13.0. The molecular formula is C30H33ClN4O6S. The number of rotatable bonds is 8. The van der Waals surface area contributed by atoms with Gasteiger partial charge in [-0.2, -0.15) is 4.72 Å². The SMILES string of the molecule is C[C@@H](C(=O)N1CCC[C@H](NC(=O)O)C1Cc1ccccc1)N1CC[C@H](NS(=O)(=O)c2ccc3cc(Cl)ccc3c2)C1=O. The first-order valence-corrected chi connectivity index (χ1v) is 15.8. The largest absolute Gasteiger partial charge is 0.465 e. The minimum absolute atomic E-state index is 0.0294. The molecule has 3 aromatic rings. The molecule has 0 aromatic heterocycles. The predicted molar refractivity (Wildman–Crippen MR) is 159 cm³/mol. The van der Waals surface area contributed by atoms with Crippen LogP contribution in [0.25, 0.3) is 10.8 Å². The van der Waals surface area contributed by atoms with E-state index in [1.807, 2.05) is 30.3 Å². The average Bonchev–Trinajstić information content (AvgIpc) is 3.31. The Morgan fingerprint density at radius 1 is 1.02 bits per heavy atom. The summed E-state index contributed by atoms with van der Waals surface area (Å²) in [4.78, 5) is 41.9. The maximum atomic E-state index is 13.8. The van der Waals surface area contributed by atoms with E-state index in [-0.39, 0.29) is 23.8 Å².